The first-order valence-corrected chi connectivity index (χ1v) is 9.07. The lowest BCUT2D eigenvalue weighted by atomic mass is 10.5. The molecule has 0 saturated heterocycles. The molecule has 0 spiro atoms. The summed E-state index contributed by atoms with van der Waals surface area (Å²) in [5.41, 5.74) is 0. The quantitative estimate of drug-likeness (QED) is 0.726. The second-order valence-electron chi connectivity index (χ2n) is 4.44. The molecule has 0 aliphatic heterocycles. The van der Waals surface area contributed by atoms with E-state index in [9.17, 15) is 9.59 Å². The lowest BCUT2D eigenvalue weighted by Crippen LogP contribution is -2.27. The van der Waals surface area contributed by atoms with Crippen molar-refractivity contribution in [2.24, 2.45) is 0 Å². The molecule has 1 heterocycles. The molecule has 0 saturated carbocycles. The summed E-state index contributed by atoms with van der Waals surface area (Å²) in [6.45, 7) is 10.6. The third kappa shape index (κ3) is 5.53. The van der Waals surface area contributed by atoms with E-state index in [0.717, 1.165) is 33.3 Å². The van der Waals surface area contributed by atoms with E-state index in [0.29, 0.717) is 26.2 Å². The molecule has 0 aliphatic carbocycles. The Bertz CT molecular complexity index is 462. The minimum absolute atomic E-state index is 0.00372. The van der Waals surface area contributed by atoms with E-state index in [-0.39, 0.29) is 10.5 Å². The second-order valence-corrected chi connectivity index (χ2v) is 6.49. The standard InChI is InChI=1S/C15H23N3O2S2/c1-5-17(6-2)14(19)21-12-9-13(11-16-10-12)22-15(20)18(7-3)8-4/h9-11H,5-8H2,1-4H3. The molecule has 22 heavy (non-hydrogen) atoms. The van der Waals surface area contributed by atoms with Crippen LogP contribution in [-0.2, 0) is 0 Å². The maximum atomic E-state index is 12.1. The Hall–Kier alpha value is -1.21. The van der Waals surface area contributed by atoms with E-state index in [4.69, 9.17) is 0 Å². The monoisotopic (exact) mass is 341 g/mol. The van der Waals surface area contributed by atoms with Gasteiger partial charge in [0, 0.05) is 48.4 Å². The fourth-order valence-corrected chi connectivity index (χ4v) is 3.66. The minimum Gasteiger partial charge on any atom is -0.334 e. The predicted molar refractivity (Wildman–Crippen MR) is 92.6 cm³/mol. The number of aromatic nitrogens is 1. The van der Waals surface area contributed by atoms with Gasteiger partial charge in [-0.25, -0.2) is 0 Å². The van der Waals surface area contributed by atoms with Crippen LogP contribution in [-0.4, -0.2) is 51.4 Å². The molecule has 1 rings (SSSR count). The van der Waals surface area contributed by atoms with Crippen molar-refractivity contribution in [1.29, 1.82) is 0 Å². The van der Waals surface area contributed by atoms with Crippen molar-refractivity contribution in [3.63, 3.8) is 0 Å². The highest BCUT2D eigenvalue weighted by atomic mass is 32.2. The zero-order valence-corrected chi connectivity index (χ0v) is 15.2. The normalized spacial score (nSPS) is 10.4. The van der Waals surface area contributed by atoms with Gasteiger partial charge in [0.2, 0.25) is 0 Å². The van der Waals surface area contributed by atoms with E-state index >= 15 is 0 Å². The molecule has 0 atom stereocenters. The number of thioether (sulfide) groups is 2. The number of nitrogens with zero attached hydrogens (tertiary/aromatic N) is 3. The van der Waals surface area contributed by atoms with Crippen molar-refractivity contribution in [3.8, 4) is 0 Å². The Morgan fingerprint density at radius 1 is 0.864 bits per heavy atom. The van der Waals surface area contributed by atoms with E-state index in [1.54, 1.807) is 22.2 Å². The van der Waals surface area contributed by atoms with Crippen LogP contribution in [0.2, 0.25) is 0 Å². The average Bonchev–Trinajstić information content (AvgIpc) is 2.50. The Morgan fingerprint density at radius 3 is 1.55 bits per heavy atom. The highest BCUT2D eigenvalue weighted by molar-refractivity contribution is 8.14. The lowest BCUT2D eigenvalue weighted by molar-refractivity contribution is 0.228. The topological polar surface area (TPSA) is 53.5 Å². The zero-order chi connectivity index (χ0) is 16.5. The smallest absolute Gasteiger partial charge is 0.286 e. The molecular weight excluding hydrogens is 318 g/mol. The van der Waals surface area contributed by atoms with Gasteiger partial charge >= 0.3 is 0 Å². The highest BCUT2D eigenvalue weighted by Gasteiger charge is 2.14. The number of amides is 2. The van der Waals surface area contributed by atoms with Crippen molar-refractivity contribution >= 4 is 34.0 Å². The Kier molecular flexibility index (Phi) is 8.34. The van der Waals surface area contributed by atoms with Crippen LogP contribution in [0.15, 0.2) is 28.3 Å². The zero-order valence-electron chi connectivity index (χ0n) is 13.5. The number of carbonyl (C=O) groups excluding carboxylic acids is 2. The van der Waals surface area contributed by atoms with Crippen LogP contribution in [0.1, 0.15) is 27.7 Å². The van der Waals surface area contributed by atoms with E-state index in [2.05, 4.69) is 4.98 Å². The summed E-state index contributed by atoms with van der Waals surface area (Å²) in [5, 5.41) is 0.00744. The molecule has 0 N–H and O–H groups in total. The molecule has 0 radical (unpaired) electrons. The van der Waals surface area contributed by atoms with E-state index < -0.39 is 0 Å². The van der Waals surface area contributed by atoms with E-state index in [1.165, 1.54) is 0 Å². The highest BCUT2D eigenvalue weighted by Crippen LogP contribution is 2.27. The summed E-state index contributed by atoms with van der Waals surface area (Å²) in [7, 11) is 0. The maximum absolute atomic E-state index is 12.1. The van der Waals surface area contributed by atoms with Gasteiger partial charge in [0.05, 0.1) is 0 Å². The van der Waals surface area contributed by atoms with Gasteiger partial charge in [-0.1, -0.05) is 0 Å². The molecule has 2 amide bonds. The van der Waals surface area contributed by atoms with Gasteiger partial charge in [-0.05, 0) is 57.3 Å². The van der Waals surface area contributed by atoms with Crippen molar-refractivity contribution in [2.45, 2.75) is 37.5 Å². The van der Waals surface area contributed by atoms with Crippen molar-refractivity contribution < 1.29 is 9.59 Å². The summed E-state index contributed by atoms with van der Waals surface area (Å²) in [6, 6.07) is 1.84. The molecule has 0 bridgehead atoms. The fraction of sp³-hybridized carbons (Fsp3) is 0.533. The number of hydrogen-bond acceptors (Lipinski definition) is 5. The molecule has 0 fully saturated rings. The molecular formula is C15H23N3O2S2. The molecule has 0 unspecified atom stereocenters. The van der Waals surface area contributed by atoms with Gasteiger partial charge in [0.25, 0.3) is 10.5 Å². The van der Waals surface area contributed by atoms with Gasteiger partial charge in [-0.3, -0.25) is 14.6 Å². The molecule has 1 aromatic rings. The predicted octanol–water partition coefficient (Wildman–Crippen LogP) is 4.19. The largest absolute Gasteiger partial charge is 0.334 e. The van der Waals surface area contributed by atoms with Crippen LogP contribution in [0, 0.1) is 0 Å². The summed E-state index contributed by atoms with van der Waals surface area (Å²) in [6.07, 6.45) is 3.30. The molecule has 0 aromatic carbocycles. The minimum atomic E-state index is 0.00372. The third-order valence-electron chi connectivity index (χ3n) is 3.14. The van der Waals surface area contributed by atoms with E-state index in [1.807, 2.05) is 33.8 Å². The van der Waals surface area contributed by atoms with Crippen LogP contribution in [0.4, 0.5) is 9.59 Å². The van der Waals surface area contributed by atoms with Crippen molar-refractivity contribution in [1.82, 2.24) is 14.8 Å². The first-order chi connectivity index (χ1) is 10.5. The second kappa shape index (κ2) is 9.74. The van der Waals surface area contributed by atoms with Gasteiger partial charge in [-0.2, -0.15) is 0 Å². The molecule has 1 aromatic heterocycles. The van der Waals surface area contributed by atoms with Gasteiger partial charge in [0.1, 0.15) is 0 Å². The number of hydrogen-bond donors (Lipinski definition) is 0. The summed E-state index contributed by atoms with van der Waals surface area (Å²) in [5.74, 6) is 0. The maximum Gasteiger partial charge on any atom is 0.286 e. The Labute approximate surface area is 140 Å². The average molecular weight is 342 g/mol. The van der Waals surface area contributed by atoms with Gasteiger partial charge in [-0.15, -0.1) is 0 Å². The van der Waals surface area contributed by atoms with Gasteiger partial charge < -0.3 is 9.80 Å². The van der Waals surface area contributed by atoms with Crippen molar-refractivity contribution in [2.75, 3.05) is 26.2 Å². The lowest BCUT2D eigenvalue weighted by Gasteiger charge is -2.18. The number of pyridine rings is 1. The summed E-state index contributed by atoms with van der Waals surface area (Å²) < 4.78 is 0. The van der Waals surface area contributed by atoms with Crippen LogP contribution in [0.25, 0.3) is 0 Å². The Morgan fingerprint density at radius 2 is 1.23 bits per heavy atom. The molecule has 0 aliphatic rings. The van der Waals surface area contributed by atoms with Crippen LogP contribution < -0.4 is 0 Å². The number of rotatable bonds is 6. The fourth-order valence-electron chi connectivity index (χ4n) is 1.80. The van der Waals surface area contributed by atoms with Crippen LogP contribution in [0.3, 0.4) is 0 Å². The Balaban J connectivity index is 2.74. The summed E-state index contributed by atoms with van der Waals surface area (Å²) in [4.78, 5) is 33.3. The number of carbonyl (C=O) groups is 2. The van der Waals surface area contributed by atoms with Gasteiger partial charge in [0.15, 0.2) is 0 Å². The molecule has 122 valence electrons. The first kappa shape index (κ1) is 18.8. The van der Waals surface area contributed by atoms with Crippen molar-refractivity contribution in [3.05, 3.63) is 18.5 Å². The SMILES string of the molecule is CCN(CC)C(=O)Sc1cncc(SC(=O)N(CC)CC)c1. The first-order valence-electron chi connectivity index (χ1n) is 7.44. The molecule has 7 heteroatoms. The molecule has 5 nitrogen and oxygen atoms in total. The van der Waals surface area contributed by atoms with Crippen LogP contribution in [0.5, 0.6) is 0 Å². The third-order valence-corrected chi connectivity index (χ3v) is 4.93. The van der Waals surface area contributed by atoms with Crippen LogP contribution >= 0.6 is 23.5 Å². The summed E-state index contributed by atoms with van der Waals surface area (Å²) >= 11 is 2.30.